The fourth-order valence-electron chi connectivity index (χ4n) is 2.99. The molecule has 162 valence electrons. The van der Waals surface area contributed by atoms with Crippen molar-refractivity contribution >= 4 is 35.6 Å². The Labute approximate surface area is 194 Å². The van der Waals surface area contributed by atoms with Crippen molar-refractivity contribution in [2.75, 3.05) is 33.9 Å². The van der Waals surface area contributed by atoms with E-state index in [1.165, 1.54) is 0 Å². The number of aryl methyl sites for hydroxylation is 1. The molecule has 3 rings (SSSR count). The number of hydrogen-bond acceptors (Lipinski definition) is 4. The van der Waals surface area contributed by atoms with Gasteiger partial charge in [0.25, 0.3) is 0 Å². The van der Waals surface area contributed by atoms with Gasteiger partial charge < -0.3 is 24.5 Å². The van der Waals surface area contributed by atoms with Crippen LogP contribution in [0.2, 0.25) is 0 Å². The summed E-state index contributed by atoms with van der Waals surface area (Å²) in [6, 6.07) is 12.2. The first kappa shape index (κ1) is 23.9. The molecule has 2 N–H and O–H groups in total. The number of hydrogen-bond donors (Lipinski definition) is 2. The van der Waals surface area contributed by atoms with Crippen molar-refractivity contribution in [3.8, 4) is 5.75 Å². The summed E-state index contributed by atoms with van der Waals surface area (Å²) in [4.78, 5) is 8.93. The molecule has 0 aliphatic rings. The molecule has 2 aromatic heterocycles. The van der Waals surface area contributed by atoms with Crippen LogP contribution in [0, 0.1) is 6.92 Å². The molecule has 0 amide bonds. The smallest absolute Gasteiger partial charge is 0.191 e. The lowest BCUT2D eigenvalue weighted by molar-refractivity contribution is 0.145. The fraction of sp³-hybridized carbons (Fsp3) is 0.364. The molecule has 0 unspecified atom stereocenters. The topological polar surface area (TPSA) is 72.2 Å². The van der Waals surface area contributed by atoms with E-state index in [2.05, 4.69) is 45.9 Å². The van der Waals surface area contributed by atoms with Gasteiger partial charge in [0.15, 0.2) is 5.96 Å². The lowest BCUT2D eigenvalue weighted by Gasteiger charge is -2.15. The van der Waals surface area contributed by atoms with Crippen LogP contribution in [0.25, 0.3) is 5.65 Å². The van der Waals surface area contributed by atoms with Crippen molar-refractivity contribution in [3.63, 3.8) is 0 Å². The number of imidazole rings is 1. The zero-order valence-corrected chi connectivity index (χ0v) is 20.1. The molecule has 0 spiro atoms. The quantitative estimate of drug-likeness (QED) is 0.195. The SMILES string of the molecule is CN=C(NCCc1cn2ccccc2n1)NCc1ccc(C)cc1OCCOC.I. The van der Waals surface area contributed by atoms with Crippen molar-refractivity contribution in [1.29, 1.82) is 0 Å². The third-order valence-electron chi connectivity index (χ3n) is 4.53. The number of guanidine groups is 1. The van der Waals surface area contributed by atoms with Gasteiger partial charge in [0.1, 0.15) is 18.0 Å². The molecule has 8 heteroatoms. The summed E-state index contributed by atoms with van der Waals surface area (Å²) in [5, 5.41) is 6.70. The Morgan fingerprint density at radius 2 is 2.03 bits per heavy atom. The average molecular weight is 523 g/mol. The van der Waals surface area contributed by atoms with Gasteiger partial charge in [0, 0.05) is 51.6 Å². The van der Waals surface area contributed by atoms with Gasteiger partial charge in [-0.1, -0.05) is 18.2 Å². The maximum Gasteiger partial charge on any atom is 0.191 e. The Hall–Kier alpha value is -2.33. The lowest BCUT2D eigenvalue weighted by atomic mass is 10.1. The predicted molar refractivity (Wildman–Crippen MR) is 131 cm³/mol. The van der Waals surface area contributed by atoms with Crippen LogP contribution in [0.1, 0.15) is 16.8 Å². The molecule has 0 aliphatic heterocycles. The number of halogens is 1. The van der Waals surface area contributed by atoms with Gasteiger partial charge in [-0.25, -0.2) is 4.98 Å². The van der Waals surface area contributed by atoms with E-state index in [0.29, 0.717) is 19.8 Å². The van der Waals surface area contributed by atoms with Crippen LogP contribution in [-0.2, 0) is 17.7 Å². The zero-order chi connectivity index (χ0) is 20.5. The van der Waals surface area contributed by atoms with Crippen LogP contribution in [0.3, 0.4) is 0 Å². The van der Waals surface area contributed by atoms with Crippen molar-refractivity contribution in [1.82, 2.24) is 20.0 Å². The van der Waals surface area contributed by atoms with Crippen LogP contribution < -0.4 is 15.4 Å². The minimum absolute atomic E-state index is 0. The molecule has 0 saturated heterocycles. The van der Waals surface area contributed by atoms with E-state index in [-0.39, 0.29) is 24.0 Å². The Bertz CT molecular complexity index is 925. The number of ether oxygens (including phenoxy) is 2. The summed E-state index contributed by atoms with van der Waals surface area (Å²) in [6.07, 6.45) is 4.88. The summed E-state index contributed by atoms with van der Waals surface area (Å²) < 4.78 is 13.0. The minimum atomic E-state index is 0. The Morgan fingerprint density at radius 3 is 2.80 bits per heavy atom. The van der Waals surface area contributed by atoms with E-state index in [4.69, 9.17) is 9.47 Å². The monoisotopic (exact) mass is 523 g/mol. The molecular formula is C22H30IN5O2. The first-order valence-electron chi connectivity index (χ1n) is 9.78. The van der Waals surface area contributed by atoms with Crippen molar-refractivity contribution in [2.24, 2.45) is 4.99 Å². The van der Waals surface area contributed by atoms with E-state index in [0.717, 1.165) is 47.1 Å². The van der Waals surface area contributed by atoms with E-state index in [9.17, 15) is 0 Å². The third kappa shape index (κ3) is 6.88. The first-order chi connectivity index (χ1) is 14.2. The number of nitrogens with zero attached hydrogens (tertiary/aromatic N) is 3. The highest BCUT2D eigenvalue weighted by Crippen LogP contribution is 2.20. The number of aromatic nitrogens is 2. The second-order valence-electron chi connectivity index (χ2n) is 6.75. The van der Waals surface area contributed by atoms with Crippen molar-refractivity contribution in [2.45, 2.75) is 19.9 Å². The standard InChI is InChI=1S/C22H29N5O2.HI/c1-17-7-8-18(20(14-17)29-13-12-28-3)15-25-22(23-2)24-10-9-19-16-27-11-5-4-6-21(27)26-19;/h4-8,11,14,16H,9-10,12-13,15H2,1-3H3,(H2,23,24,25);1H. The fourth-order valence-corrected chi connectivity index (χ4v) is 2.99. The van der Waals surface area contributed by atoms with Gasteiger partial charge in [-0.15, -0.1) is 24.0 Å². The van der Waals surface area contributed by atoms with Gasteiger partial charge in [-0.05, 0) is 30.7 Å². The van der Waals surface area contributed by atoms with Gasteiger partial charge in [-0.2, -0.15) is 0 Å². The predicted octanol–water partition coefficient (Wildman–Crippen LogP) is 3.19. The number of nitrogens with one attached hydrogen (secondary N) is 2. The van der Waals surface area contributed by atoms with Crippen LogP contribution >= 0.6 is 24.0 Å². The third-order valence-corrected chi connectivity index (χ3v) is 4.53. The number of rotatable bonds is 9. The van der Waals surface area contributed by atoms with E-state index in [1.54, 1.807) is 14.2 Å². The minimum Gasteiger partial charge on any atom is -0.491 e. The first-order valence-corrected chi connectivity index (χ1v) is 9.78. The maximum atomic E-state index is 5.86. The van der Waals surface area contributed by atoms with Gasteiger partial charge in [-0.3, -0.25) is 4.99 Å². The molecule has 0 radical (unpaired) electrons. The van der Waals surface area contributed by atoms with E-state index < -0.39 is 0 Å². The second kappa shape index (κ2) is 12.4. The molecule has 0 fully saturated rings. The highest BCUT2D eigenvalue weighted by atomic mass is 127. The summed E-state index contributed by atoms with van der Waals surface area (Å²) in [7, 11) is 3.44. The molecule has 0 bridgehead atoms. The highest BCUT2D eigenvalue weighted by molar-refractivity contribution is 14.0. The van der Waals surface area contributed by atoms with Crippen molar-refractivity contribution < 1.29 is 9.47 Å². The van der Waals surface area contributed by atoms with Gasteiger partial charge in [0.2, 0.25) is 0 Å². The number of benzene rings is 1. The summed E-state index contributed by atoms with van der Waals surface area (Å²) in [6.45, 7) is 4.51. The molecule has 0 saturated carbocycles. The molecule has 2 heterocycles. The normalized spacial score (nSPS) is 11.2. The molecule has 3 aromatic rings. The van der Waals surface area contributed by atoms with Crippen LogP contribution in [0.4, 0.5) is 0 Å². The number of methoxy groups -OCH3 is 1. The summed E-state index contributed by atoms with van der Waals surface area (Å²) in [5.74, 6) is 1.62. The number of aliphatic imine (C=N–C) groups is 1. The number of fused-ring (bicyclic) bond motifs is 1. The lowest BCUT2D eigenvalue weighted by Crippen LogP contribution is -2.38. The van der Waals surface area contributed by atoms with Crippen molar-refractivity contribution in [3.05, 3.63) is 65.6 Å². The van der Waals surface area contributed by atoms with Gasteiger partial charge in [0.05, 0.1) is 12.3 Å². The Morgan fingerprint density at radius 1 is 1.17 bits per heavy atom. The van der Waals surface area contributed by atoms with Gasteiger partial charge >= 0.3 is 0 Å². The van der Waals surface area contributed by atoms with E-state index in [1.807, 2.05) is 34.9 Å². The molecule has 30 heavy (non-hydrogen) atoms. The molecule has 0 aliphatic carbocycles. The Balaban J connectivity index is 0.00000320. The molecular weight excluding hydrogens is 493 g/mol. The average Bonchev–Trinajstić information content (AvgIpc) is 3.14. The Kier molecular flexibility index (Phi) is 9.88. The van der Waals surface area contributed by atoms with E-state index >= 15 is 0 Å². The number of pyridine rings is 1. The molecule has 0 atom stereocenters. The van der Waals surface area contributed by atoms with Crippen LogP contribution in [0.5, 0.6) is 5.75 Å². The molecule has 1 aromatic carbocycles. The molecule has 7 nitrogen and oxygen atoms in total. The summed E-state index contributed by atoms with van der Waals surface area (Å²) >= 11 is 0. The van der Waals surface area contributed by atoms with Crippen LogP contribution in [0.15, 0.2) is 53.8 Å². The van der Waals surface area contributed by atoms with Crippen LogP contribution in [-0.4, -0.2) is 49.3 Å². The second-order valence-corrected chi connectivity index (χ2v) is 6.75. The zero-order valence-electron chi connectivity index (χ0n) is 17.7. The largest absolute Gasteiger partial charge is 0.491 e. The highest BCUT2D eigenvalue weighted by Gasteiger charge is 2.07. The summed E-state index contributed by atoms with van der Waals surface area (Å²) in [5.41, 5.74) is 4.25. The maximum absolute atomic E-state index is 5.86.